The third-order valence-corrected chi connectivity index (χ3v) is 5.98. The van der Waals surface area contributed by atoms with E-state index in [1.165, 1.54) is 6.92 Å². The fourth-order valence-electron chi connectivity index (χ4n) is 4.59. The van der Waals surface area contributed by atoms with Crippen molar-refractivity contribution in [2.75, 3.05) is 28.6 Å². The van der Waals surface area contributed by atoms with E-state index in [4.69, 9.17) is 0 Å². The summed E-state index contributed by atoms with van der Waals surface area (Å²) in [5.41, 5.74) is 0.733. The number of hydrogen-bond acceptors (Lipinski definition) is 6. The molecule has 4 rings (SSSR count). The highest BCUT2D eigenvalue weighted by Gasteiger charge is 2.35. The topological polar surface area (TPSA) is 124 Å². The lowest BCUT2D eigenvalue weighted by molar-refractivity contribution is -0.123. The Hall–Kier alpha value is -3.49. The quantitative estimate of drug-likeness (QED) is 0.632. The highest BCUT2D eigenvalue weighted by atomic mass is 16.2. The number of carbonyl (C=O) groups is 3. The van der Waals surface area contributed by atoms with Crippen molar-refractivity contribution in [2.24, 2.45) is 11.8 Å². The number of ketones is 1. The zero-order valence-corrected chi connectivity index (χ0v) is 18.4. The number of aromatic nitrogens is 2. The van der Waals surface area contributed by atoms with E-state index in [-0.39, 0.29) is 29.5 Å². The summed E-state index contributed by atoms with van der Waals surface area (Å²) in [7, 11) is 0. The van der Waals surface area contributed by atoms with Crippen molar-refractivity contribution < 1.29 is 14.4 Å². The molecule has 1 saturated heterocycles. The summed E-state index contributed by atoms with van der Waals surface area (Å²) in [4.78, 5) is 59.1. The highest BCUT2D eigenvalue weighted by molar-refractivity contribution is 6.04. The van der Waals surface area contributed by atoms with Crippen molar-refractivity contribution in [3.8, 4) is 0 Å². The average Bonchev–Trinajstić information content (AvgIpc) is 2.72. The molecule has 2 aliphatic heterocycles. The molecule has 0 bridgehead atoms. The number of aromatic amines is 1. The molecule has 3 heterocycles. The molecule has 1 aromatic heterocycles. The Balaban J connectivity index is 1.61. The number of carbonyl (C=O) groups excluding carboxylic acids is 3. The Bertz CT molecular complexity index is 1110. The maximum atomic E-state index is 13.0. The van der Waals surface area contributed by atoms with E-state index in [9.17, 15) is 19.2 Å². The van der Waals surface area contributed by atoms with Gasteiger partial charge in [-0.15, -0.1) is 0 Å². The monoisotopic (exact) mass is 437 g/mol. The second-order valence-electron chi connectivity index (χ2n) is 8.93. The van der Waals surface area contributed by atoms with E-state index in [0.717, 1.165) is 19.5 Å². The van der Waals surface area contributed by atoms with E-state index in [0.29, 0.717) is 29.0 Å². The molecule has 1 aromatic carbocycles. The van der Waals surface area contributed by atoms with Gasteiger partial charge in [0, 0.05) is 30.8 Å². The van der Waals surface area contributed by atoms with Crippen molar-refractivity contribution >= 4 is 35.1 Å². The van der Waals surface area contributed by atoms with Crippen LogP contribution in [0.5, 0.6) is 0 Å². The third-order valence-electron chi connectivity index (χ3n) is 5.98. The maximum absolute atomic E-state index is 13.0. The molecule has 0 spiro atoms. The number of Topliss-reactive ketones (excluding diaryl/α,β-unsaturated/α-hetero) is 1. The van der Waals surface area contributed by atoms with Crippen LogP contribution in [-0.4, -0.2) is 40.7 Å². The first-order chi connectivity index (χ1) is 15.2. The Morgan fingerprint density at radius 3 is 2.38 bits per heavy atom. The summed E-state index contributed by atoms with van der Waals surface area (Å²) >= 11 is 0. The van der Waals surface area contributed by atoms with Gasteiger partial charge in [-0.1, -0.05) is 13.8 Å². The van der Waals surface area contributed by atoms with Gasteiger partial charge in [-0.05, 0) is 49.4 Å². The lowest BCUT2D eigenvalue weighted by Crippen LogP contribution is -2.42. The van der Waals surface area contributed by atoms with Gasteiger partial charge in [-0.2, -0.15) is 4.98 Å². The minimum Gasteiger partial charge on any atom is -0.342 e. The number of piperidine rings is 1. The lowest BCUT2D eigenvalue weighted by Gasteiger charge is -2.35. The first-order valence-corrected chi connectivity index (χ1v) is 10.8. The first kappa shape index (κ1) is 21.7. The van der Waals surface area contributed by atoms with Gasteiger partial charge in [0.25, 0.3) is 5.56 Å². The Labute approximate surface area is 185 Å². The zero-order chi connectivity index (χ0) is 23.0. The summed E-state index contributed by atoms with van der Waals surface area (Å²) in [5.74, 6) is -0.412. The highest BCUT2D eigenvalue weighted by Crippen LogP contribution is 2.31. The van der Waals surface area contributed by atoms with Gasteiger partial charge >= 0.3 is 0 Å². The largest absolute Gasteiger partial charge is 0.342 e. The molecule has 2 aliphatic rings. The van der Waals surface area contributed by atoms with Crippen LogP contribution in [0.3, 0.4) is 0 Å². The number of fused-ring (bicyclic) bond motifs is 1. The summed E-state index contributed by atoms with van der Waals surface area (Å²) in [5, 5.41) is 5.39. The van der Waals surface area contributed by atoms with Gasteiger partial charge < -0.3 is 15.5 Å². The van der Waals surface area contributed by atoms with E-state index < -0.39 is 17.4 Å². The summed E-state index contributed by atoms with van der Waals surface area (Å²) in [6.45, 7) is 7.30. The second kappa shape index (κ2) is 8.57. The van der Waals surface area contributed by atoms with Crippen molar-refractivity contribution in [3.63, 3.8) is 0 Å². The number of nitrogens with one attached hydrogen (secondary N) is 3. The van der Waals surface area contributed by atoms with E-state index >= 15 is 0 Å². The fraction of sp³-hybridized carbons (Fsp3) is 0.435. The van der Waals surface area contributed by atoms with Gasteiger partial charge in [-0.25, -0.2) is 0 Å². The number of H-pyrrole nitrogens is 1. The molecule has 0 aliphatic carbocycles. The molecule has 3 unspecified atom stereocenters. The van der Waals surface area contributed by atoms with Gasteiger partial charge in [0.05, 0.1) is 11.5 Å². The molecular weight excluding hydrogens is 410 g/mol. The number of rotatable bonds is 4. The summed E-state index contributed by atoms with van der Waals surface area (Å²) in [6, 6.07) is 6.45. The molecule has 168 valence electrons. The predicted octanol–water partition coefficient (Wildman–Crippen LogP) is 2.52. The SMILES string of the molecule is CC(=O)c1ccc(NC(=O)C2CC(=O)Nc3nc(N4CC(C)CC(C)C4)[nH]c(=O)c32)cc1. The van der Waals surface area contributed by atoms with Crippen LogP contribution in [0.15, 0.2) is 29.1 Å². The van der Waals surface area contributed by atoms with E-state index in [2.05, 4.69) is 34.4 Å². The molecule has 1 fully saturated rings. The smallest absolute Gasteiger partial charge is 0.258 e. The van der Waals surface area contributed by atoms with Gasteiger partial charge in [0.1, 0.15) is 5.82 Å². The molecule has 32 heavy (non-hydrogen) atoms. The lowest BCUT2D eigenvalue weighted by atomic mass is 9.91. The number of anilines is 3. The van der Waals surface area contributed by atoms with Crippen LogP contribution in [0, 0.1) is 11.8 Å². The standard InChI is InChI=1S/C23H27N5O4/c1-12-8-13(2)11-28(10-12)23-26-20-19(22(32)27-23)17(9-18(30)25-20)21(31)24-16-6-4-15(5-7-16)14(3)29/h4-7,12-13,17H,8-11H2,1-3H3,(H,24,31)(H2,25,26,27,30,32). The molecule has 2 amide bonds. The van der Waals surface area contributed by atoms with Crippen LogP contribution in [-0.2, 0) is 9.59 Å². The van der Waals surface area contributed by atoms with Crippen LogP contribution >= 0.6 is 0 Å². The Morgan fingerprint density at radius 2 is 1.75 bits per heavy atom. The molecule has 2 aromatic rings. The number of amides is 2. The molecule has 9 heteroatoms. The summed E-state index contributed by atoms with van der Waals surface area (Å²) in [6.07, 6.45) is 0.963. The van der Waals surface area contributed by atoms with Crippen molar-refractivity contribution in [2.45, 2.75) is 39.5 Å². The molecule has 3 N–H and O–H groups in total. The average molecular weight is 438 g/mol. The van der Waals surface area contributed by atoms with Crippen molar-refractivity contribution in [1.29, 1.82) is 0 Å². The fourth-order valence-corrected chi connectivity index (χ4v) is 4.59. The van der Waals surface area contributed by atoms with E-state index in [1.807, 2.05) is 4.90 Å². The van der Waals surface area contributed by atoms with Crippen LogP contribution < -0.4 is 21.1 Å². The van der Waals surface area contributed by atoms with Gasteiger partial charge in [0.15, 0.2) is 5.78 Å². The minimum absolute atomic E-state index is 0.0772. The molecule has 0 saturated carbocycles. The number of benzene rings is 1. The predicted molar refractivity (Wildman–Crippen MR) is 121 cm³/mol. The number of nitrogens with zero attached hydrogens (tertiary/aromatic N) is 2. The second-order valence-corrected chi connectivity index (χ2v) is 8.93. The Morgan fingerprint density at radius 1 is 1.09 bits per heavy atom. The van der Waals surface area contributed by atoms with E-state index in [1.54, 1.807) is 24.3 Å². The van der Waals surface area contributed by atoms with Gasteiger partial charge in [0.2, 0.25) is 17.8 Å². The minimum atomic E-state index is -0.962. The van der Waals surface area contributed by atoms with Crippen LogP contribution in [0.2, 0.25) is 0 Å². The first-order valence-electron chi connectivity index (χ1n) is 10.8. The molecule has 9 nitrogen and oxygen atoms in total. The molecular formula is C23H27N5O4. The van der Waals surface area contributed by atoms with Gasteiger partial charge in [-0.3, -0.25) is 24.2 Å². The van der Waals surface area contributed by atoms with Crippen LogP contribution in [0.25, 0.3) is 0 Å². The third kappa shape index (κ3) is 4.42. The van der Waals surface area contributed by atoms with Crippen molar-refractivity contribution in [3.05, 3.63) is 45.7 Å². The summed E-state index contributed by atoms with van der Waals surface area (Å²) < 4.78 is 0. The van der Waals surface area contributed by atoms with Crippen LogP contribution in [0.4, 0.5) is 17.5 Å². The zero-order valence-electron chi connectivity index (χ0n) is 18.4. The molecule has 3 atom stereocenters. The Kier molecular flexibility index (Phi) is 5.82. The van der Waals surface area contributed by atoms with Crippen LogP contribution in [0.1, 0.15) is 55.5 Å². The molecule has 0 radical (unpaired) electrons. The number of hydrogen-bond donors (Lipinski definition) is 3. The van der Waals surface area contributed by atoms with Crippen molar-refractivity contribution in [1.82, 2.24) is 9.97 Å². The normalized spacial score (nSPS) is 22.7. The maximum Gasteiger partial charge on any atom is 0.258 e.